The zero-order valence-corrected chi connectivity index (χ0v) is 9.37. The van der Waals surface area contributed by atoms with Crippen LogP contribution < -0.4 is 0 Å². The van der Waals surface area contributed by atoms with Gasteiger partial charge in [-0.15, -0.1) is 12.4 Å². The van der Waals surface area contributed by atoms with Crippen molar-refractivity contribution < 1.29 is 35.2 Å². The van der Waals surface area contributed by atoms with Crippen molar-refractivity contribution in [2.75, 3.05) is 14.2 Å². The van der Waals surface area contributed by atoms with Gasteiger partial charge in [-0.05, 0) is 0 Å². The van der Waals surface area contributed by atoms with Crippen LogP contribution in [0.3, 0.4) is 0 Å². The first kappa shape index (κ1) is 40.5. The SMILES string of the molecule is C=[N-].C=[N-].CO.CO.Cl.[O]=[Ru][OH]. The van der Waals surface area contributed by atoms with Crippen LogP contribution in [0, 0.1) is 0 Å². The molecule has 0 bridgehead atoms. The fourth-order valence-electron chi connectivity index (χ4n) is 0. The molecule has 3 N–H and O–H groups in total. The first-order valence-corrected chi connectivity index (χ1v) is 3.32. The summed E-state index contributed by atoms with van der Waals surface area (Å²) in [7, 11) is 2.00. The van der Waals surface area contributed by atoms with Crippen LogP contribution in [0.25, 0.3) is 10.8 Å². The molecule has 0 aliphatic rings. The predicted octanol–water partition coefficient (Wildman–Crippen LogP) is -0.527. The second kappa shape index (κ2) is 1240. The van der Waals surface area contributed by atoms with E-state index in [2.05, 4.69) is 13.4 Å². The molecule has 0 aromatic carbocycles. The quantitative estimate of drug-likeness (QED) is 0.410. The number of nitrogens with zero attached hydrogens (tertiary/aromatic N) is 2. The Morgan fingerprint density at radius 1 is 1.00 bits per heavy atom. The van der Waals surface area contributed by atoms with Gasteiger partial charge in [-0.1, -0.05) is 0 Å². The molecule has 0 aromatic heterocycles. The third-order valence-corrected chi connectivity index (χ3v) is 0. The Balaban J connectivity index is -0.00000000933. The number of hydrogen-bond acceptors (Lipinski definition) is 3. The van der Waals surface area contributed by atoms with Gasteiger partial charge in [-0.2, -0.15) is 0 Å². The molecule has 0 heterocycles. The molecule has 0 amide bonds. The molecule has 0 aliphatic heterocycles. The summed E-state index contributed by atoms with van der Waals surface area (Å²) in [6.45, 7) is 4.50. The van der Waals surface area contributed by atoms with Gasteiger partial charge in [0.2, 0.25) is 0 Å². The summed E-state index contributed by atoms with van der Waals surface area (Å²) in [5.74, 6) is 0. The minimum atomic E-state index is -1.54. The molecule has 0 unspecified atom stereocenters. The van der Waals surface area contributed by atoms with Crippen LogP contribution in [0.15, 0.2) is 0 Å². The van der Waals surface area contributed by atoms with Gasteiger partial charge in [-0.25, -0.2) is 13.4 Å². The molecule has 0 fully saturated rings. The molecule has 0 saturated heterocycles. The Labute approximate surface area is 86.3 Å². The topological polar surface area (TPSA) is 122 Å². The van der Waals surface area contributed by atoms with Gasteiger partial charge >= 0.3 is 24.9 Å². The molecular weight excluding hydrogens is 277 g/mol. The molecule has 0 spiro atoms. The number of halogens is 1. The maximum atomic E-state index is 8.58. The van der Waals surface area contributed by atoms with Gasteiger partial charge in [0.15, 0.2) is 0 Å². The Bertz CT molecular complexity index is 44.2. The second-order valence-electron chi connectivity index (χ2n) is 0.0645. The molecule has 6 nitrogen and oxygen atoms in total. The summed E-state index contributed by atoms with van der Waals surface area (Å²) < 4.78 is 15.7. The van der Waals surface area contributed by atoms with Crippen molar-refractivity contribution in [3.63, 3.8) is 0 Å². The van der Waals surface area contributed by atoms with Crippen molar-refractivity contribution in [3.8, 4) is 0 Å². The van der Waals surface area contributed by atoms with E-state index in [1.54, 1.807) is 0 Å². The minimum absolute atomic E-state index is 0. The number of aliphatic hydroxyl groups excluding tert-OH is 2. The Morgan fingerprint density at radius 3 is 1.00 bits per heavy atom. The molecule has 81 valence electrons. The van der Waals surface area contributed by atoms with Gasteiger partial charge in [0.05, 0.1) is 0 Å². The summed E-state index contributed by atoms with van der Waals surface area (Å²) in [6, 6.07) is 0. The number of rotatable bonds is 0. The van der Waals surface area contributed by atoms with Crippen LogP contribution in [-0.4, -0.2) is 41.8 Å². The van der Waals surface area contributed by atoms with E-state index >= 15 is 0 Å². The molecule has 0 aliphatic carbocycles. The first-order chi connectivity index (χ1) is 5.41. The van der Waals surface area contributed by atoms with Crippen LogP contribution >= 0.6 is 12.4 Å². The third kappa shape index (κ3) is 179000. The van der Waals surface area contributed by atoms with E-state index in [4.69, 9.17) is 28.5 Å². The van der Waals surface area contributed by atoms with E-state index in [0.29, 0.717) is 0 Å². The molecule has 12 heavy (non-hydrogen) atoms. The van der Waals surface area contributed by atoms with Crippen molar-refractivity contribution in [2.45, 2.75) is 0 Å². The van der Waals surface area contributed by atoms with Gasteiger partial charge in [0.25, 0.3) is 0 Å². The zero-order valence-electron chi connectivity index (χ0n) is 6.82. The average Bonchev–Trinajstić information content (AvgIpc) is 2.18. The van der Waals surface area contributed by atoms with E-state index < -0.39 is 17.4 Å². The molecule has 0 rings (SSSR count). The fourth-order valence-corrected chi connectivity index (χ4v) is 0. The van der Waals surface area contributed by atoms with E-state index in [0.717, 1.165) is 14.2 Å². The summed E-state index contributed by atoms with van der Waals surface area (Å²) >= 11 is -1.54. The van der Waals surface area contributed by atoms with Crippen LogP contribution in [0.2, 0.25) is 0 Å². The van der Waals surface area contributed by atoms with Crippen LogP contribution in [-0.2, 0) is 21.0 Å². The second-order valence-corrected chi connectivity index (χ2v) is 0.382. The average molecular weight is 291 g/mol. The van der Waals surface area contributed by atoms with E-state index in [-0.39, 0.29) is 12.4 Å². The standard InChI is InChI=1S/2CH2N.2CH4O.ClH.H2O.O.Ru/c4*1-2;;;;/h2*1H2;2*2H,1H3;1H;1H2;;/q2*-1;;;;;;+1/p-1. The Kier molecular flexibility index (Phi) is 4180. The van der Waals surface area contributed by atoms with Crippen molar-refractivity contribution in [2.24, 2.45) is 0 Å². The van der Waals surface area contributed by atoms with E-state index in [9.17, 15) is 0 Å². The number of hydrogen-bond donors (Lipinski definition) is 3. The third-order valence-electron chi connectivity index (χ3n) is 0. The first-order valence-electron chi connectivity index (χ1n) is 1.83. The fraction of sp³-hybridized carbons (Fsp3) is 0.500. The summed E-state index contributed by atoms with van der Waals surface area (Å²) in [6.07, 6.45) is 0. The van der Waals surface area contributed by atoms with Gasteiger partial charge in [0.1, 0.15) is 0 Å². The molecule has 8 heteroatoms. The van der Waals surface area contributed by atoms with Gasteiger partial charge in [-0.3, -0.25) is 0 Å². The van der Waals surface area contributed by atoms with Crippen molar-refractivity contribution in [3.05, 3.63) is 10.8 Å². The van der Waals surface area contributed by atoms with E-state index in [1.807, 2.05) is 0 Å². The van der Waals surface area contributed by atoms with Gasteiger partial charge in [0, 0.05) is 14.2 Å². The van der Waals surface area contributed by atoms with Crippen LogP contribution in [0.1, 0.15) is 0 Å². The summed E-state index contributed by atoms with van der Waals surface area (Å²) in [4.78, 5) is 0. The number of aliphatic hydroxyl groups is 2. The summed E-state index contributed by atoms with van der Waals surface area (Å²) in [5.41, 5.74) is 0. The van der Waals surface area contributed by atoms with Crippen molar-refractivity contribution in [1.29, 1.82) is 0 Å². The Hall–Kier alpha value is -0.0666. The van der Waals surface area contributed by atoms with Crippen LogP contribution in [0.5, 0.6) is 0 Å². The predicted molar refractivity (Wildman–Crippen MR) is 47.4 cm³/mol. The molecule has 0 radical (unpaired) electrons. The normalized spacial score (nSPS) is 3.08. The maximum absolute atomic E-state index is 8.58. The molecule has 0 saturated carbocycles. The summed E-state index contributed by atoms with van der Waals surface area (Å²) in [5, 5.41) is 27.5. The monoisotopic (exact) mass is 291 g/mol. The van der Waals surface area contributed by atoms with Crippen LogP contribution in [0.4, 0.5) is 0 Å². The molecular formula is C4H14ClN2O4Ru-2. The van der Waals surface area contributed by atoms with E-state index in [1.165, 1.54) is 0 Å². The van der Waals surface area contributed by atoms with Gasteiger partial charge < -0.3 is 21.0 Å². The van der Waals surface area contributed by atoms with Crippen molar-refractivity contribution in [1.82, 2.24) is 0 Å². The van der Waals surface area contributed by atoms with Crippen molar-refractivity contribution >= 4 is 25.8 Å². The Morgan fingerprint density at radius 2 is 1.00 bits per heavy atom. The molecule has 0 atom stereocenters. The molecule has 0 aromatic rings. The zero-order chi connectivity index (χ0) is 10.7.